The molecule has 3 aromatic rings. The van der Waals surface area contributed by atoms with Gasteiger partial charge in [-0.1, -0.05) is 24.3 Å². The average molecular weight is 400 g/mol. The maximum Gasteiger partial charge on any atom is 0.321 e. The van der Waals surface area contributed by atoms with E-state index in [1.165, 1.54) is 22.6 Å². The molecule has 0 aliphatic heterocycles. The third kappa shape index (κ3) is 4.17. The number of fused-ring (bicyclic) bond motifs is 2. The molecule has 150 valence electrons. The van der Waals surface area contributed by atoms with Crippen molar-refractivity contribution in [3.8, 4) is 22.3 Å². The first-order chi connectivity index (χ1) is 14.5. The second-order valence-corrected chi connectivity index (χ2v) is 6.70. The third-order valence-electron chi connectivity index (χ3n) is 4.47. The zero-order valence-electron chi connectivity index (χ0n) is 16.6. The van der Waals surface area contributed by atoms with E-state index in [9.17, 15) is 9.59 Å². The van der Waals surface area contributed by atoms with E-state index in [0.29, 0.717) is 17.9 Å². The highest BCUT2D eigenvalue weighted by atomic mass is 16.2. The number of Topliss-reactive ketones (excluding diaryl/α,β-unsaturated/α-hetero) is 1. The number of nitrogens with one attached hydrogen (secondary N) is 2. The van der Waals surface area contributed by atoms with Gasteiger partial charge in [0, 0.05) is 31.4 Å². The lowest BCUT2D eigenvalue weighted by Gasteiger charge is -2.05. The third-order valence-corrected chi connectivity index (χ3v) is 4.47. The molecular formula is C22H20N6O2. The minimum absolute atomic E-state index is 0.131. The Balaban J connectivity index is 0.000000305. The van der Waals surface area contributed by atoms with E-state index in [1.54, 1.807) is 24.5 Å². The predicted octanol–water partition coefficient (Wildman–Crippen LogP) is 3.80. The molecule has 0 spiro atoms. The van der Waals surface area contributed by atoms with Gasteiger partial charge >= 0.3 is 6.03 Å². The molecular weight excluding hydrogens is 380 g/mol. The number of nitrogens with zero attached hydrogens (tertiary/aromatic N) is 4. The average Bonchev–Trinajstić information content (AvgIpc) is 3.14. The van der Waals surface area contributed by atoms with Crippen LogP contribution in [0.5, 0.6) is 0 Å². The van der Waals surface area contributed by atoms with Gasteiger partial charge in [-0.05, 0) is 47.9 Å². The fourth-order valence-corrected chi connectivity index (χ4v) is 2.97. The summed E-state index contributed by atoms with van der Waals surface area (Å²) in [7, 11) is 0. The van der Waals surface area contributed by atoms with Crippen LogP contribution in [0.25, 0.3) is 27.9 Å². The number of amides is 2. The Morgan fingerprint density at radius 1 is 1.00 bits per heavy atom. The lowest BCUT2D eigenvalue weighted by atomic mass is 10.1. The number of urea groups is 1. The second-order valence-electron chi connectivity index (χ2n) is 6.70. The maximum atomic E-state index is 12.0. The number of hydrogen-bond acceptors (Lipinski definition) is 5. The summed E-state index contributed by atoms with van der Waals surface area (Å²) in [6.07, 6.45) is 3.39. The molecule has 0 bridgehead atoms. The molecule has 8 nitrogen and oxygen atoms in total. The van der Waals surface area contributed by atoms with Crippen molar-refractivity contribution < 1.29 is 9.59 Å². The summed E-state index contributed by atoms with van der Waals surface area (Å²) in [5.41, 5.74) is 5.36. The van der Waals surface area contributed by atoms with Crippen molar-refractivity contribution in [3.63, 3.8) is 0 Å². The number of aromatic nitrogens is 4. The highest BCUT2D eigenvalue weighted by molar-refractivity contribution is 5.95. The van der Waals surface area contributed by atoms with Gasteiger partial charge in [0.25, 0.3) is 5.95 Å². The molecule has 30 heavy (non-hydrogen) atoms. The number of hydrogen-bond donors (Lipinski definition) is 2. The van der Waals surface area contributed by atoms with Crippen molar-refractivity contribution in [1.29, 1.82) is 0 Å². The Hall–Kier alpha value is -4.07. The van der Waals surface area contributed by atoms with E-state index in [1.807, 2.05) is 19.1 Å². The molecule has 0 atom stereocenters. The van der Waals surface area contributed by atoms with E-state index in [4.69, 9.17) is 0 Å². The molecule has 3 aromatic heterocycles. The molecule has 0 fully saturated rings. The molecule has 3 heterocycles. The SMILES string of the molecule is CCNC(=O)Nc1nc2cc(-c3cccnc3)cc(C(C)=O)n2n1.c1cc2cc-2c1. The quantitative estimate of drug-likeness (QED) is 0.447. The summed E-state index contributed by atoms with van der Waals surface area (Å²) in [6.45, 7) is 3.76. The summed E-state index contributed by atoms with van der Waals surface area (Å²) in [5.74, 6) is -0.0213. The van der Waals surface area contributed by atoms with Crippen LogP contribution >= 0.6 is 0 Å². The largest absolute Gasteiger partial charge is 0.338 e. The van der Waals surface area contributed by atoms with Crippen molar-refractivity contribution in [2.75, 3.05) is 11.9 Å². The number of carbonyl (C=O) groups is 2. The first-order valence-corrected chi connectivity index (χ1v) is 9.52. The molecule has 2 N–H and O–H groups in total. The van der Waals surface area contributed by atoms with Gasteiger partial charge in [-0.25, -0.2) is 9.31 Å². The van der Waals surface area contributed by atoms with E-state index in [-0.39, 0.29) is 11.7 Å². The summed E-state index contributed by atoms with van der Waals surface area (Å²) < 4.78 is 1.42. The van der Waals surface area contributed by atoms with Gasteiger partial charge in [0.1, 0.15) is 5.69 Å². The summed E-state index contributed by atoms with van der Waals surface area (Å²) >= 11 is 0. The van der Waals surface area contributed by atoms with Crippen molar-refractivity contribution in [2.24, 2.45) is 0 Å². The van der Waals surface area contributed by atoms with Gasteiger partial charge < -0.3 is 5.32 Å². The normalized spacial score (nSPS) is 10.7. The van der Waals surface area contributed by atoms with Crippen LogP contribution in [-0.4, -0.2) is 37.9 Å². The Labute approximate surface area is 173 Å². The Kier molecular flexibility index (Phi) is 5.21. The predicted molar refractivity (Wildman–Crippen MR) is 114 cm³/mol. The second kappa shape index (κ2) is 8.12. The molecule has 0 radical (unpaired) electrons. The molecule has 0 unspecified atom stereocenters. The molecule has 2 aliphatic carbocycles. The highest BCUT2D eigenvalue weighted by Gasteiger charge is 2.14. The minimum Gasteiger partial charge on any atom is -0.338 e. The van der Waals surface area contributed by atoms with Crippen molar-refractivity contribution >= 4 is 23.4 Å². The number of anilines is 1. The summed E-state index contributed by atoms with van der Waals surface area (Å²) in [5, 5.41) is 9.33. The Bertz CT molecular complexity index is 1220. The van der Waals surface area contributed by atoms with Gasteiger partial charge in [0.15, 0.2) is 11.4 Å². The van der Waals surface area contributed by atoms with Crippen LogP contribution in [0.15, 0.2) is 60.9 Å². The number of benzene rings is 1. The number of pyridine rings is 2. The first-order valence-electron chi connectivity index (χ1n) is 9.52. The lowest BCUT2D eigenvalue weighted by Crippen LogP contribution is -2.28. The van der Waals surface area contributed by atoms with E-state index in [2.05, 4.69) is 50.0 Å². The maximum absolute atomic E-state index is 12.0. The summed E-state index contributed by atoms with van der Waals surface area (Å²) in [4.78, 5) is 31.9. The first kappa shape index (κ1) is 19.3. The Morgan fingerprint density at radius 2 is 1.77 bits per heavy atom. The van der Waals surface area contributed by atoms with Crippen LogP contribution < -0.4 is 10.6 Å². The van der Waals surface area contributed by atoms with Crippen LogP contribution in [0.3, 0.4) is 0 Å². The van der Waals surface area contributed by atoms with Gasteiger partial charge in [-0.15, -0.1) is 5.10 Å². The van der Waals surface area contributed by atoms with Crippen molar-refractivity contribution in [2.45, 2.75) is 13.8 Å². The molecule has 0 saturated carbocycles. The molecule has 5 rings (SSSR count). The molecule has 2 amide bonds. The van der Waals surface area contributed by atoms with E-state index < -0.39 is 6.03 Å². The van der Waals surface area contributed by atoms with Gasteiger partial charge in [0.2, 0.25) is 0 Å². The van der Waals surface area contributed by atoms with Gasteiger partial charge in [0.05, 0.1) is 0 Å². The molecule has 0 saturated heterocycles. The van der Waals surface area contributed by atoms with E-state index in [0.717, 1.165) is 11.1 Å². The van der Waals surface area contributed by atoms with Crippen molar-refractivity contribution in [3.05, 3.63) is 66.6 Å². The van der Waals surface area contributed by atoms with Crippen LogP contribution in [-0.2, 0) is 0 Å². The molecule has 0 aromatic carbocycles. The molecule has 8 heteroatoms. The van der Waals surface area contributed by atoms with Crippen LogP contribution in [0.2, 0.25) is 0 Å². The van der Waals surface area contributed by atoms with Crippen LogP contribution in [0.4, 0.5) is 10.7 Å². The number of ketones is 1. The van der Waals surface area contributed by atoms with Crippen LogP contribution in [0.1, 0.15) is 24.3 Å². The van der Waals surface area contributed by atoms with Gasteiger partial charge in [-0.2, -0.15) is 4.98 Å². The zero-order chi connectivity index (χ0) is 21.1. The smallest absolute Gasteiger partial charge is 0.321 e. The summed E-state index contributed by atoms with van der Waals surface area (Å²) in [6, 6.07) is 15.3. The zero-order valence-corrected chi connectivity index (χ0v) is 16.6. The van der Waals surface area contributed by atoms with E-state index >= 15 is 0 Å². The molecule has 2 aliphatic rings. The van der Waals surface area contributed by atoms with Crippen LogP contribution in [0, 0.1) is 0 Å². The fraction of sp³-hybridized carbons (Fsp3) is 0.136. The monoisotopic (exact) mass is 400 g/mol. The van der Waals surface area contributed by atoms with Crippen molar-refractivity contribution in [1.82, 2.24) is 24.9 Å². The number of rotatable bonds is 4. The minimum atomic E-state index is -0.398. The number of carbonyl (C=O) groups excluding carboxylic acids is 2. The highest BCUT2D eigenvalue weighted by Crippen LogP contribution is 2.32. The Morgan fingerprint density at radius 3 is 2.33 bits per heavy atom. The van der Waals surface area contributed by atoms with Gasteiger partial charge in [-0.3, -0.25) is 15.1 Å². The topological polar surface area (TPSA) is 101 Å². The fourth-order valence-electron chi connectivity index (χ4n) is 2.97. The lowest BCUT2D eigenvalue weighted by molar-refractivity contribution is 0.101. The standard InChI is InChI=1S/C16H16N6O2.C6H4/c1-3-18-16(24)20-15-19-14-8-12(11-5-4-6-17-9-11)7-13(10(2)23)22(14)21-15;1-2-5-4-6(5)3-1/h4-9H,3H2,1-2H3,(H2,18,20,21,24);1-4H.